The van der Waals surface area contributed by atoms with E-state index in [4.69, 9.17) is 9.47 Å². The van der Waals surface area contributed by atoms with Gasteiger partial charge in [0, 0.05) is 11.1 Å². The molecule has 0 aliphatic heterocycles. The molecule has 3 aromatic rings. The molecular weight excluding hydrogens is 360 g/mol. The summed E-state index contributed by atoms with van der Waals surface area (Å²) in [6, 6.07) is 15.8. The number of hydrogen-bond acceptors (Lipinski definition) is 5. The first-order valence-electron chi connectivity index (χ1n) is 8.64. The maximum atomic E-state index is 12.3. The first kappa shape index (κ1) is 19.0. The molecule has 0 atom stereocenters. The molecule has 0 saturated carbocycles. The molecule has 0 saturated heterocycles. The lowest BCUT2D eigenvalue weighted by Crippen LogP contribution is -2.41. The Morgan fingerprint density at radius 2 is 1.75 bits per heavy atom. The summed E-state index contributed by atoms with van der Waals surface area (Å²) in [5, 5.41) is 6.77. The number of aromatic amines is 1. The summed E-state index contributed by atoms with van der Waals surface area (Å²) < 4.78 is 10.6. The molecule has 0 aliphatic rings. The third-order valence-corrected chi connectivity index (χ3v) is 3.91. The van der Waals surface area contributed by atoms with E-state index >= 15 is 0 Å². The molecule has 28 heavy (non-hydrogen) atoms. The number of hydrazine groups is 1. The second kappa shape index (κ2) is 8.72. The van der Waals surface area contributed by atoms with Gasteiger partial charge >= 0.3 is 0 Å². The third kappa shape index (κ3) is 4.29. The predicted molar refractivity (Wildman–Crippen MR) is 103 cm³/mol. The van der Waals surface area contributed by atoms with E-state index in [2.05, 4.69) is 21.0 Å². The molecule has 0 spiro atoms. The highest BCUT2D eigenvalue weighted by molar-refractivity contribution is 5.99. The van der Waals surface area contributed by atoms with Crippen LogP contribution in [0.3, 0.4) is 0 Å². The van der Waals surface area contributed by atoms with E-state index in [1.165, 1.54) is 13.2 Å². The van der Waals surface area contributed by atoms with Crippen molar-refractivity contribution in [2.45, 2.75) is 6.92 Å². The summed E-state index contributed by atoms with van der Waals surface area (Å²) in [5.74, 6) is -0.0307. The van der Waals surface area contributed by atoms with Gasteiger partial charge in [-0.05, 0) is 31.2 Å². The molecular formula is C20H20N4O4. The molecule has 3 N–H and O–H groups in total. The predicted octanol–water partition coefficient (Wildman–Crippen LogP) is 2.56. The van der Waals surface area contributed by atoms with Crippen LogP contribution in [-0.2, 0) is 0 Å². The minimum atomic E-state index is -0.513. The number of carbonyl (C=O) groups excluding carboxylic acids is 2. The van der Waals surface area contributed by atoms with Gasteiger partial charge < -0.3 is 9.47 Å². The Hall–Kier alpha value is -3.81. The average Bonchev–Trinajstić information content (AvgIpc) is 3.23. The van der Waals surface area contributed by atoms with Gasteiger partial charge in [-0.15, -0.1) is 0 Å². The van der Waals surface area contributed by atoms with Crippen LogP contribution in [-0.4, -0.2) is 35.7 Å². The van der Waals surface area contributed by atoms with E-state index in [1.54, 1.807) is 18.2 Å². The summed E-state index contributed by atoms with van der Waals surface area (Å²) in [6.45, 7) is 2.33. The first-order valence-corrected chi connectivity index (χ1v) is 8.64. The molecule has 3 rings (SSSR count). The minimum absolute atomic E-state index is 0.225. The second-order valence-corrected chi connectivity index (χ2v) is 5.74. The van der Waals surface area contributed by atoms with Gasteiger partial charge in [0.25, 0.3) is 11.8 Å². The van der Waals surface area contributed by atoms with Gasteiger partial charge in [0.05, 0.1) is 19.4 Å². The molecule has 144 valence electrons. The van der Waals surface area contributed by atoms with Crippen LogP contribution in [0.15, 0.2) is 54.6 Å². The van der Waals surface area contributed by atoms with Crippen molar-refractivity contribution in [3.63, 3.8) is 0 Å². The normalized spacial score (nSPS) is 10.2. The van der Waals surface area contributed by atoms with Crippen LogP contribution < -0.4 is 20.3 Å². The molecule has 0 unspecified atom stereocenters. The van der Waals surface area contributed by atoms with Gasteiger partial charge in [0.1, 0.15) is 5.69 Å². The fourth-order valence-corrected chi connectivity index (χ4v) is 2.53. The highest BCUT2D eigenvalue weighted by atomic mass is 16.5. The van der Waals surface area contributed by atoms with Gasteiger partial charge in [-0.25, -0.2) is 0 Å². The smallest absolute Gasteiger partial charge is 0.287 e. The lowest BCUT2D eigenvalue weighted by atomic mass is 10.1. The van der Waals surface area contributed by atoms with Gasteiger partial charge in [0.2, 0.25) is 0 Å². The van der Waals surface area contributed by atoms with Gasteiger partial charge in [-0.1, -0.05) is 30.3 Å². The Labute approximate surface area is 161 Å². The Morgan fingerprint density at radius 3 is 2.46 bits per heavy atom. The minimum Gasteiger partial charge on any atom is -0.493 e. The number of amides is 2. The number of aromatic nitrogens is 2. The monoisotopic (exact) mass is 380 g/mol. The highest BCUT2D eigenvalue weighted by Gasteiger charge is 2.14. The number of ether oxygens (including phenoxy) is 2. The molecule has 2 amide bonds. The van der Waals surface area contributed by atoms with Crippen LogP contribution in [0.2, 0.25) is 0 Å². The molecule has 0 fully saturated rings. The van der Waals surface area contributed by atoms with E-state index in [-0.39, 0.29) is 5.69 Å². The largest absolute Gasteiger partial charge is 0.493 e. The average molecular weight is 380 g/mol. The van der Waals surface area contributed by atoms with Crippen molar-refractivity contribution >= 4 is 11.8 Å². The summed E-state index contributed by atoms with van der Waals surface area (Å²) in [7, 11) is 1.49. The molecule has 1 aromatic heterocycles. The number of nitrogens with one attached hydrogen (secondary N) is 3. The van der Waals surface area contributed by atoms with Gasteiger partial charge in [-0.3, -0.25) is 25.5 Å². The van der Waals surface area contributed by atoms with Crippen molar-refractivity contribution in [3.05, 3.63) is 65.9 Å². The lowest BCUT2D eigenvalue weighted by molar-refractivity contribution is 0.0843. The quantitative estimate of drug-likeness (QED) is 0.570. The molecule has 0 bridgehead atoms. The van der Waals surface area contributed by atoms with Gasteiger partial charge in [0.15, 0.2) is 11.5 Å². The van der Waals surface area contributed by atoms with Gasteiger partial charge in [-0.2, -0.15) is 5.10 Å². The Bertz CT molecular complexity index is 969. The number of methoxy groups -OCH3 is 1. The van der Waals surface area contributed by atoms with Crippen molar-refractivity contribution in [1.82, 2.24) is 21.0 Å². The van der Waals surface area contributed by atoms with Crippen molar-refractivity contribution in [2.24, 2.45) is 0 Å². The van der Waals surface area contributed by atoms with Crippen LogP contribution in [0.25, 0.3) is 11.3 Å². The van der Waals surface area contributed by atoms with E-state index < -0.39 is 11.8 Å². The number of benzene rings is 2. The number of carbonyl (C=O) groups is 2. The second-order valence-electron chi connectivity index (χ2n) is 5.74. The summed E-state index contributed by atoms with van der Waals surface area (Å²) in [6.07, 6.45) is 0. The zero-order chi connectivity index (χ0) is 19.9. The fraction of sp³-hybridized carbons (Fsp3) is 0.150. The first-order chi connectivity index (χ1) is 13.6. The van der Waals surface area contributed by atoms with E-state index in [1.807, 2.05) is 37.3 Å². The summed E-state index contributed by atoms with van der Waals surface area (Å²) >= 11 is 0. The molecule has 0 aliphatic carbocycles. The third-order valence-electron chi connectivity index (χ3n) is 3.91. The standard InChI is InChI=1S/C20H20N4O4/c1-3-28-17-10-9-14(11-18(17)27-2)19(25)23-24-20(26)16-12-15(21-22-16)13-7-5-4-6-8-13/h4-12H,3H2,1-2H3,(H,21,22)(H,23,25)(H,24,26). The Balaban J connectivity index is 1.63. The van der Waals surface area contributed by atoms with Crippen LogP contribution in [0.4, 0.5) is 0 Å². The Kier molecular flexibility index (Phi) is 5.91. The zero-order valence-corrected chi connectivity index (χ0v) is 15.5. The van der Waals surface area contributed by atoms with E-state index in [0.717, 1.165) is 5.56 Å². The maximum Gasteiger partial charge on any atom is 0.287 e. The maximum absolute atomic E-state index is 12.3. The van der Waals surface area contributed by atoms with Crippen LogP contribution in [0.5, 0.6) is 11.5 Å². The molecule has 8 nitrogen and oxygen atoms in total. The van der Waals surface area contributed by atoms with Crippen LogP contribution in [0, 0.1) is 0 Å². The lowest BCUT2D eigenvalue weighted by Gasteiger charge is -2.11. The molecule has 2 aromatic carbocycles. The van der Waals surface area contributed by atoms with E-state index in [9.17, 15) is 9.59 Å². The topological polar surface area (TPSA) is 105 Å². The van der Waals surface area contributed by atoms with Crippen molar-refractivity contribution in [2.75, 3.05) is 13.7 Å². The molecule has 1 heterocycles. The number of rotatable bonds is 6. The van der Waals surface area contributed by atoms with Crippen LogP contribution in [0.1, 0.15) is 27.8 Å². The molecule has 8 heteroatoms. The highest BCUT2D eigenvalue weighted by Crippen LogP contribution is 2.27. The summed E-state index contributed by atoms with van der Waals surface area (Å²) in [4.78, 5) is 24.5. The fourth-order valence-electron chi connectivity index (χ4n) is 2.53. The number of nitrogens with zero attached hydrogens (tertiary/aromatic N) is 1. The van der Waals surface area contributed by atoms with Crippen molar-refractivity contribution in [1.29, 1.82) is 0 Å². The van der Waals surface area contributed by atoms with Crippen LogP contribution >= 0.6 is 0 Å². The number of hydrogen-bond donors (Lipinski definition) is 3. The number of H-pyrrole nitrogens is 1. The molecule has 0 radical (unpaired) electrons. The Morgan fingerprint density at radius 1 is 1.00 bits per heavy atom. The van der Waals surface area contributed by atoms with Crippen molar-refractivity contribution in [3.8, 4) is 22.8 Å². The van der Waals surface area contributed by atoms with Crippen molar-refractivity contribution < 1.29 is 19.1 Å². The zero-order valence-electron chi connectivity index (χ0n) is 15.5. The summed E-state index contributed by atoms with van der Waals surface area (Å²) in [5.41, 5.74) is 6.78. The SMILES string of the molecule is CCOc1ccc(C(=O)NNC(=O)c2cc(-c3ccccc3)n[nH]2)cc1OC. The van der Waals surface area contributed by atoms with E-state index in [0.29, 0.717) is 29.4 Å².